The predicted octanol–water partition coefficient (Wildman–Crippen LogP) is 2.94. The highest BCUT2D eigenvalue weighted by atomic mass is 19.4. The Bertz CT molecular complexity index is 514. The Balaban J connectivity index is 2.67. The summed E-state index contributed by atoms with van der Waals surface area (Å²) in [7, 11) is 0. The van der Waals surface area contributed by atoms with E-state index in [4.69, 9.17) is 5.11 Å². The van der Waals surface area contributed by atoms with Crippen molar-refractivity contribution in [3.63, 3.8) is 0 Å². The van der Waals surface area contributed by atoms with Crippen molar-refractivity contribution in [3.8, 4) is 0 Å². The first-order valence-corrected chi connectivity index (χ1v) is 6.38. The van der Waals surface area contributed by atoms with Gasteiger partial charge in [0.2, 0.25) is 0 Å². The number of rotatable bonds is 6. The van der Waals surface area contributed by atoms with Crippen LogP contribution in [0, 0.1) is 5.92 Å². The minimum Gasteiger partial charge on any atom is -0.481 e. The van der Waals surface area contributed by atoms with Gasteiger partial charge in [-0.2, -0.15) is 13.2 Å². The largest absolute Gasteiger partial charge is 0.481 e. The number of aliphatic carboxylic acids is 1. The number of carbonyl (C=O) groups excluding carboxylic acids is 1. The highest BCUT2D eigenvalue weighted by Crippen LogP contribution is 2.31. The zero-order chi connectivity index (χ0) is 16.0. The summed E-state index contributed by atoms with van der Waals surface area (Å²) in [5, 5.41) is 10.9. The molecule has 4 nitrogen and oxygen atoms in total. The molecule has 1 amide bonds. The van der Waals surface area contributed by atoms with Crippen molar-refractivity contribution in [1.29, 1.82) is 0 Å². The smallest absolute Gasteiger partial charge is 0.417 e. The maximum absolute atomic E-state index is 12.8. The standard InChI is InChI=1S/C14H16F3NO3/c1-9(6-7-12(19)20)8-18-13(21)10-4-2-3-5-11(10)14(15,16)17/h2-5,9H,6-8H2,1H3,(H,18,21)(H,19,20). The van der Waals surface area contributed by atoms with Gasteiger partial charge in [0.15, 0.2) is 0 Å². The zero-order valence-corrected chi connectivity index (χ0v) is 11.4. The number of hydrogen-bond donors (Lipinski definition) is 2. The fraction of sp³-hybridized carbons (Fsp3) is 0.429. The quantitative estimate of drug-likeness (QED) is 0.849. The lowest BCUT2D eigenvalue weighted by Crippen LogP contribution is -2.30. The fourth-order valence-corrected chi connectivity index (χ4v) is 1.76. The summed E-state index contributed by atoms with van der Waals surface area (Å²) in [6, 6.07) is 4.54. The number of nitrogens with one attached hydrogen (secondary N) is 1. The van der Waals surface area contributed by atoms with Gasteiger partial charge in [0.05, 0.1) is 11.1 Å². The summed E-state index contributed by atoms with van der Waals surface area (Å²) in [5.74, 6) is -1.90. The van der Waals surface area contributed by atoms with Crippen LogP contribution in [-0.2, 0) is 11.0 Å². The number of carbonyl (C=O) groups is 2. The molecule has 7 heteroatoms. The lowest BCUT2D eigenvalue weighted by atomic mass is 10.0. The molecule has 2 N–H and O–H groups in total. The van der Waals surface area contributed by atoms with E-state index in [9.17, 15) is 22.8 Å². The molecule has 0 fully saturated rings. The highest BCUT2D eigenvalue weighted by molar-refractivity contribution is 5.95. The number of alkyl halides is 3. The van der Waals surface area contributed by atoms with Gasteiger partial charge in [-0.25, -0.2) is 0 Å². The number of carboxylic acid groups (broad SMARTS) is 1. The van der Waals surface area contributed by atoms with Gasteiger partial charge < -0.3 is 10.4 Å². The Morgan fingerprint density at radius 2 is 1.90 bits per heavy atom. The van der Waals surface area contributed by atoms with Crippen molar-refractivity contribution in [2.45, 2.75) is 25.9 Å². The molecule has 0 spiro atoms. The molecule has 0 aromatic heterocycles. The summed E-state index contributed by atoms with van der Waals surface area (Å²) >= 11 is 0. The van der Waals surface area contributed by atoms with Crippen LogP contribution in [0.25, 0.3) is 0 Å². The highest BCUT2D eigenvalue weighted by Gasteiger charge is 2.34. The number of benzene rings is 1. The molecule has 0 aliphatic heterocycles. The molecule has 0 aliphatic rings. The van der Waals surface area contributed by atoms with Crippen molar-refractivity contribution in [1.82, 2.24) is 5.32 Å². The van der Waals surface area contributed by atoms with Crippen LogP contribution in [0.2, 0.25) is 0 Å². The Hall–Kier alpha value is -2.05. The summed E-state index contributed by atoms with van der Waals surface area (Å²) in [4.78, 5) is 22.2. The van der Waals surface area contributed by atoms with Crippen LogP contribution in [0.5, 0.6) is 0 Å². The molecule has 0 heterocycles. The van der Waals surface area contributed by atoms with Crippen molar-refractivity contribution < 1.29 is 27.9 Å². The van der Waals surface area contributed by atoms with E-state index in [-0.39, 0.29) is 18.9 Å². The van der Waals surface area contributed by atoms with E-state index >= 15 is 0 Å². The van der Waals surface area contributed by atoms with Gasteiger partial charge in [-0.15, -0.1) is 0 Å². The Labute approximate surface area is 120 Å². The number of hydrogen-bond acceptors (Lipinski definition) is 2. The SMILES string of the molecule is CC(CCC(=O)O)CNC(=O)c1ccccc1C(F)(F)F. The van der Waals surface area contributed by atoms with Gasteiger partial charge in [0, 0.05) is 13.0 Å². The van der Waals surface area contributed by atoms with Crippen LogP contribution in [0.4, 0.5) is 13.2 Å². The molecule has 1 aromatic rings. The normalized spacial score (nSPS) is 12.8. The first-order valence-electron chi connectivity index (χ1n) is 6.38. The molecule has 0 radical (unpaired) electrons. The first-order chi connectivity index (χ1) is 9.71. The van der Waals surface area contributed by atoms with Crippen LogP contribution in [0.15, 0.2) is 24.3 Å². The van der Waals surface area contributed by atoms with E-state index in [0.717, 1.165) is 12.1 Å². The second-order valence-corrected chi connectivity index (χ2v) is 4.79. The monoisotopic (exact) mass is 303 g/mol. The summed E-state index contributed by atoms with van der Waals surface area (Å²) in [6.07, 6.45) is -4.30. The molecule has 116 valence electrons. The molecular formula is C14H16F3NO3. The molecule has 1 rings (SSSR count). The Kier molecular flexibility index (Phi) is 5.75. The number of carboxylic acids is 1. The summed E-state index contributed by atoms with van der Waals surface area (Å²) < 4.78 is 38.3. The lowest BCUT2D eigenvalue weighted by molar-refractivity contribution is -0.138. The maximum atomic E-state index is 12.8. The van der Waals surface area contributed by atoms with Crippen molar-refractivity contribution in [3.05, 3.63) is 35.4 Å². The zero-order valence-electron chi connectivity index (χ0n) is 11.4. The average Bonchev–Trinajstić information content (AvgIpc) is 2.41. The van der Waals surface area contributed by atoms with Gasteiger partial charge in [0.1, 0.15) is 0 Å². The van der Waals surface area contributed by atoms with E-state index < -0.39 is 29.2 Å². The first kappa shape index (κ1) is 17.0. The van der Waals surface area contributed by atoms with Crippen LogP contribution in [-0.4, -0.2) is 23.5 Å². The van der Waals surface area contributed by atoms with Crippen molar-refractivity contribution >= 4 is 11.9 Å². The minimum absolute atomic E-state index is 0.0455. The predicted molar refractivity (Wildman–Crippen MR) is 69.8 cm³/mol. The molecule has 0 saturated carbocycles. The molecule has 21 heavy (non-hydrogen) atoms. The molecule has 0 saturated heterocycles. The van der Waals surface area contributed by atoms with E-state index in [1.54, 1.807) is 6.92 Å². The molecule has 1 aromatic carbocycles. The molecule has 1 unspecified atom stereocenters. The minimum atomic E-state index is -4.59. The second-order valence-electron chi connectivity index (χ2n) is 4.79. The maximum Gasteiger partial charge on any atom is 0.417 e. The average molecular weight is 303 g/mol. The van der Waals surface area contributed by atoms with E-state index in [1.165, 1.54) is 12.1 Å². The van der Waals surface area contributed by atoms with Gasteiger partial charge in [-0.3, -0.25) is 9.59 Å². The molecule has 0 aliphatic carbocycles. The van der Waals surface area contributed by atoms with Crippen LogP contribution < -0.4 is 5.32 Å². The van der Waals surface area contributed by atoms with Gasteiger partial charge >= 0.3 is 12.1 Å². The van der Waals surface area contributed by atoms with E-state index in [0.29, 0.717) is 6.42 Å². The van der Waals surface area contributed by atoms with Crippen LogP contribution in [0.3, 0.4) is 0 Å². The molecule has 1 atom stereocenters. The summed E-state index contributed by atoms with van der Waals surface area (Å²) in [5.41, 5.74) is -1.42. The van der Waals surface area contributed by atoms with E-state index in [2.05, 4.69) is 5.32 Å². The third kappa shape index (κ3) is 5.45. The molecule has 0 bridgehead atoms. The van der Waals surface area contributed by atoms with Gasteiger partial charge in [0.25, 0.3) is 5.91 Å². The fourth-order valence-electron chi connectivity index (χ4n) is 1.76. The Morgan fingerprint density at radius 1 is 1.29 bits per heavy atom. The van der Waals surface area contributed by atoms with Crippen molar-refractivity contribution in [2.24, 2.45) is 5.92 Å². The lowest BCUT2D eigenvalue weighted by Gasteiger charge is -2.14. The third-order valence-corrected chi connectivity index (χ3v) is 2.94. The van der Waals surface area contributed by atoms with Gasteiger partial charge in [-0.05, 0) is 24.5 Å². The topological polar surface area (TPSA) is 66.4 Å². The third-order valence-electron chi connectivity index (χ3n) is 2.94. The Morgan fingerprint density at radius 3 is 2.48 bits per heavy atom. The second kappa shape index (κ2) is 7.10. The van der Waals surface area contributed by atoms with Crippen molar-refractivity contribution in [2.75, 3.05) is 6.54 Å². The van der Waals surface area contributed by atoms with Crippen LogP contribution in [0.1, 0.15) is 35.7 Å². The summed E-state index contributed by atoms with van der Waals surface area (Å²) in [6.45, 7) is 1.84. The number of halogens is 3. The van der Waals surface area contributed by atoms with Crippen LogP contribution >= 0.6 is 0 Å². The molecular weight excluding hydrogens is 287 g/mol. The van der Waals surface area contributed by atoms with Gasteiger partial charge in [-0.1, -0.05) is 19.1 Å². The van der Waals surface area contributed by atoms with E-state index in [1.807, 2.05) is 0 Å². The number of amides is 1.